The highest BCUT2D eigenvalue weighted by Gasteiger charge is 2.30. The summed E-state index contributed by atoms with van der Waals surface area (Å²) in [6, 6.07) is 15.0. The van der Waals surface area contributed by atoms with Gasteiger partial charge in [0.15, 0.2) is 0 Å². The van der Waals surface area contributed by atoms with Crippen molar-refractivity contribution in [3.63, 3.8) is 0 Å². The molecule has 1 aliphatic heterocycles. The summed E-state index contributed by atoms with van der Waals surface area (Å²) in [5.74, 6) is 0.654. The SMILES string of the molecule is O=C(CCN=C1NS(=O)(=O)c2ccccc21)Nc1nc2ccccc2n1C1CCCCC1. The molecule has 3 aromatic rings. The Kier molecular flexibility index (Phi) is 5.42. The largest absolute Gasteiger partial charge is 0.307 e. The minimum atomic E-state index is -3.58. The van der Waals surface area contributed by atoms with E-state index in [4.69, 9.17) is 0 Å². The van der Waals surface area contributed by atoms with E-state index in [1.54, 1.807) is 24.3 Å². The van der Waals surface area contributed by atoms with Crippen LogP contribution < -0.4 is 10.0 Å². The van der Waals surface area contributed by atoms with Crippen molar-refractivity contribution in [2.45, 2.75) is 49.5 Å². The van der Waals surface area contributed by atoms with E-state index in [1.165, 1.54) is 19.3 Å². The zero-order valence-corrected chi connectivity index (χ0v) is 18.4. The second-order valence-electron chi connectivity index (χ2n) is 8.22. The predicted molar refractivity (Wildman–Crippen MR) is 123 cm³/mol. The highest BCUT2D eigenvalue weighted by Crippen LogP contribution is 2.34. The molecule has 0 unspecified atom stereocenters. The molecular weight excluding hydrogens is 426 g/mol. The minimum Gasteiger partial charge on any atom is -0.307 e. The number of benzene rings is 2. The first kappa shape index (κ1) is 20.7. The van der Waals surface area contributed by atoms with Gasteiger partial charge < -0.3 is 4.57 Å². The lowest BCUT2D eigenvalue weighted by Gasteiger charge is -2.25. The van der Waals surface area contributed by atoms with Gasteiger partial charge in [0.25, 0.3) is 10.0 Å². The number of sulfonamides is 1. The number of carbonyl (C=O) groups excluding carboxylic acids is 1. The highest BCUT2D eigenvalue weighted by atomic mass is 32.2. The number of aliphatic imine (C=N–C) groups is 1. The average Bonchev–Trinajstić information content (AvgIpc) is 3.28. The fraction of sp³-hybridized carbons (Fsp3) is 0.348. The molecule has 2 aliphatic rings. The molecule has 0 saturated heterocycles. The van der Waals surface area contributed by atoms with Gasteiger partial charge in [0.1, 0.15) is 5.84 Å². The summed E-state index contributed by atoms with van der Waals surface area (Å²) in [4.78, 5) is 21.9. The van der Waals surface area contributed by atoms with Gasteiger partial charge in [-0.1, -0.05) is 43.5 Å². The lowest BCUT2D eigenvalue weighted by atomic mass is 9.95. The Bertz CT molecular complexity index is 1310. The number of aromatic nitrogens is 2. The molecule has 1 amide bonds. The summed E-state index contributed by atoms with van der Waals surface area (Å²) in [7, 11) is -3.58. The van der Waals surface area contributed by atoms with Crippen molar-refractivity contribution in [3.05, 3.63) is 54.1 Å². The van der Waals surface area contributed by atoms with Gasteiger partial charge in [-0.25, -0.2) is 13.4 Å². The maximum Gasteiger partial charge on any atom is 0.263 e. The van der Waals surface area contributed by atoms with Crippen molar-refractivity contribution in [3.8, 4) is 0 Å². The molecule has 0 bridgehead atoms. The van der Waals surface area contributed by atoms with Crippen molar-refractivity contribution >= 4 is 38.7 Å². The van der Waals surface area contributed by atoms with Gasteiger partial charge in [0.2, 0.25) is 11.9 Å². The summed E-state index contributed by atoms with van der Waals surface area (Å²) in [5.41, 5.74) is 2.43. The summed E-state index contributed by atoms with van der Waals surface area (Å²) >= 11 is 0. The molecule has 1 aliphatic carbocycles. The van der Waals surface area contributed by atoms with E-state index < -0.39 is 10.0 Å². The summed E-state index contributed by atoms with van der Waals surface area (Å²) in [6.07, 6.45) is 5.89. The number of imidazole rings is 1. The Morgan fingerprint density at radius 2 is 1.84 bits per heavy atom. The average molecular weight is 452 g/mol. The molecule has 1 saturated carbocycles. The lowest BCUT2D eigenvalue weighted by Crippen LogP contribution is -2.23. The van der Waals surface area contributed by atoms with Crippen LogP contribution in [0, 0.1) is 0 Å². The van der Waals surface area contributed by atoms with Crippen molar-refractivity contribution in [1.29, 1.82) is 0 Å². The van der Waals surface area contributed by atoms with Gasteiger partial charge in [0.05, 0.1) is 22.5 Å². The number of amidine groups is 1. The first-order chi connectivity index (χ1) is 15.5. The fourth-order valence-corrected chi connectivity index (χ4v) is 5.80. The van der Waals surface area contributed by atoms with Crippen LogP contribution in [-0.4, -0.2) is 36.3 Å². The van der Waals surface area contributed by atoms with Crippen molar-refractivity contribution in [2.75, 3.05) is 11.9 Å². The molecule has 2 N–H and O–H groups in total. The van der Waals surface area contributed by atoms with E-state index in [-0.39, 0.29) is 29.6 Å². The molecule has 0 radical (unpaired) electrons. The predicted octanol–water partition coefficient (Wildman–Crippen LogP) is 3.61. The molecule has 32 heavy (non-hydrogen) atoms. The van der Waals surface area contributed by atoms with Crippen LogP contribution in [0.4, 0.5) is 5.95 Å². The third-order valence-electron chi connectivity index (χ3n) is 6.06. The standard InChI is InChI=1S/C23H25N5O3S/c29-21(14-15-24-22-17-10-4-7-13-20(17)32(30,31)27-22)26-23-25-18-11-5-6-12-19(18)28(23)16-8-2-1-3-9-16/h4-7,10-13,16H,1-3,8-9,14-15H2,(H,24,27)(H,25,26,29). The van der Waals surface area contributed by atoms with Crippen LogP contribution in [0.25, 0.3) is 11.0 Å². The van der Waals surface area contributed by atoms with E-state index in [0.717, 1.165) is 23.9 Å². The maximum atomic E-state index is 12.7. The third-order valence-corrected chi connectivity index (χ3v) is 7.46. The molecule has 9 heteroatoms. The normalized spacial score (nSPS) is 19.1. The van der Waals surface area contributed by atoms with Crippen molar-refractivity contribution < 1.29 is 13.2 Å². The van der Waals surface area contributed by atoms with Crippen LogP contribution >= 0.6 is 0 Å². The highest BCUT2D eigenvalue weighted by molar-refractivity contribution is 7.90. The number of hydrogen-bond donors (Lipinski definition) is 2. The molecule has 8 nitrogen and oxygen atoms in total. The fourth-order valence-electron chi connectivity index (χ4n) is 4.55. The first-order valence-corrected chi connectivity index (χ1v) is 12.4. The second-order valence-corrected chi connectivity index (χ2v) is 9.87. The monoisotopic (exact) mass is 451 g/mol. The van der Waals surface area contributed by atoms with E-state index >= 15 is 0 Å². The Balaban J connectivity index is 1.32. The van der Waals surface area contributed by atoms with Gasteiger partial charge in [-0.2, -0.15) is 0 Å². The zero-order valence-electron chi connectivity index (χ0n) is 17.6. The first-order valence-electron chi connectivity index (χ1n) is 11.0. The Labute approximate surface area is 186 Å². The second kappa shape index (κ2) is 8.38. The molecule has 1 fully saturated rings. The van der Waals surface area contributed by atoms with E-state index in [2.05, 4.69) is 24.6 Å². The third kappa shape index (κ3) is 3.88. The minimum absolute atomic E-state index is 0.126. The Hall–Kier alpha value is -3.20. The quantitative estimate of drug-likeness (QED) is 0.618. The zero-order chi connectivity index (χ0) is 22.1. The van der Waals surface area contributed by atoms with Crippen LogP contribution in [0.3, 0.4) is 0 Å². The van der Waals surface area contributed by atoms with Crippen LogP contribution in [-0.2, 0) is 14.8 Å². The number of fused-ring (bicyclic) bond motifs is 2. The van der Waals surface area contributed by atoms with E-state index in [1.807, 2.05) is 24.3 Å². The number of anilines is 1. The molecule has 166 valence electrons. The lowest BCUT2D eigenvalue weighted by molar-refractivity contribution is -0.116. The number of nitrogens with zero attached hydrogens (tertiary/aromatic N) is 3. The summed E-state index contributed by atoms with van der Waals surface area (Å²) in [6.45, 7) is 0.168. The molecule has 2 heterocycles. The van der Waals surface area contributed by atoms with Crippen LogP contribution in [0.2, 0.25) is 0 Å². The molecular formula is C23H25N5O3S. The smallest absolute Gasteiger partial charge is 0.263 e. The molecule has 5 rings (SSSR count). The number of carbonyl (C=O) groups is 1. The van der Waals surface area contributed by atoms with Gasteiger partial charge in [-0.05, 0) is 37.1 Å². The van der Waals surface area contributed by atoms with Gasteiger partial charge in [-0.15, -0.1) is 0 Å². The summed E-state index contributed by atoms with van der Waals surface area (Å²) in [5, 5.41) is 2.96. The number of nitrogens with one attached hydrogen (secondary N) is 2. The number of para-hydroxylation sites is 2. The molecule has 0 atom stereocenters. The molecule has 2 aromatic carbocycles. The van der Waals surface area contributed by atoms with E-state index in [9.17, 15) is 13.2 Å². The van der Waals surface area contributed by atoms with Crippen molar-refractivity contribution in [1.82, 2.24) is 14.3 Å². The number of hydrogen-bond acceptors (Lipinski definition) is 5. The topological polar surface area (TPSA) is 105 Å². The van der Waals surface area contributed by atoms with Gasteiger partial charge >= 0.3 is 0 Å². The van der Waals surface area contributed by atoms with E-state index in [0.29, 0.717) is 17.6 Å². The van der Waals surface area contributed by atoms with Crippen LogP contribution in [0.5, 0.6) is 0 Å². The molecule has 0 spiro atoms. The Morgan fingerprint density at radius 1 is 1.09 bits per heavy atom. The number of rotatable bonds is 5. The van der Waals surface area contributed by atoms with Crippen LogP contribution in [0.1, 0.15) is 50.1 Å². The summed E-state index contributed by atoms with van der Waals surface area (Å²) < 4.78 is 29.0. The maximum absolute atomic E-state index is 12.7. The Morgan fingerprint density at radius 3 is 2.69 bits per heavy atom. The van der Waals surface area contributed by atoms with Gasteiger partial charge in [-0.3, -0.25) is 19.8 Å². The van der Waals surface area contributed by atoms with Gasteiger partial charge in [0, 0.05) is 18.0 Å². The number of amides is 1. The molecule has 1 aromatic heterocycles. The van der Waals surface area contributed by atoms with Crippen molar-refractivity contribution in [2.24, 2.45) is 4.99 Å². The van der Waals surface area contributed by atoms with Crippen LogP contribution in [0.15, 0.2) is 58.4 Å².